The lowest BCUT2D eigenvalue weighted by atomic mass is 10.2. The first-order valence-electron chi connectivity index (χ1n) is 9.17. The first kappa shape index (κ1) is 22.6. The van der Waals surface area contributed by atoms with E-state index >= 15 is 0 Å². The molecule has 0 fully saturated rings. The molecule has 3 amide bonds. The van der Waals surface area contributed by atoms with Gasteiger partial charge in [-0.25, -0.2) is 5.43 Å². The lowest BCUT2D eigenvalue weighted by Crippen LogP contribution is -2.39. The molecule has 0 saturated heterocycles. The summed E-state index contributed by atoms with van der Waals surface area (Å²) in [5.41, 5.74) is 4.62. The number of nitrogens with one attached hydrogen (secondary N) is 3. The number of carbonyl (C=O) groups is 3. The highest BCUT2D eigenvalue weighted by Crippen LogP contribution is 2.12. The van der Waals surface area contributed by atoms with E-state index in [1.807, 2.05) is 31.2 Å². The van der Waals surface area contributed by atoms with E-state index in [2.05, 4.69) is 21.2 Å². The van der Waals surface area contributed by atoms with Crippen LogP contribution < -0.4 is 20.8 Å². The number of hydrazone groups is 1. The highest BCUT2D eigenvalue weighted by Gasteiger charge is 2.11. The van der Waals surface area contributed by atoms with Crippen LogP contribution in [-0.2, 0) is 19.1 Å². The molecule has 30 heavy (non-hydrogen) atoms. The number of benzene rings is 2. The molecule has 0 aliphatic carbocycles. The number of carbonyl (C=O) groups excluding carboxylic acids is 3. The van der Waals surface area contributed by atoms with Gasteiger partial charge in [0, 0.05) is 19.3 Å². The zero-order valence-corrected chi connectivity index (χ0v) is 16.8. The minimum Gasteiger partial charge on any atom is -0.484 e. The summed E-state index contributed by atoms with van der Waals surface area (Å²) >= 11 is 0. The van der Waals surface area contributed by atoms with Gasteiger partial charge in [-0.1, -0.05) is 17.7 Å². The lowest BCUT2D eigenvalue weighted by molar-refractivity contribution is -0.139. The number of ether oxygens (including phenoxy) is 2. The van der Waals surface area contributed by atoms with Crippen molar-refractivity contribution in [1.29, 1.82) is 0 Å². The van der Waals surface area contributed by atoms with Gasteiger partial charge in [-0.3, -0.25) is 14.4 Å². The largest absolute Gasteiger partial charge is 0.484 e. The Kier molecular flexibility index (Phi) is 9.01. The van der Waals surface area contributed by atoms with Gasteiger partial charge in [-0.05, 0) is 48.9 Å². The van der Waals surface area contributed by atoms with E-state index in [1.165, 1.54) is 13.3 Å². The van der Waals surface area contributed by atoms with Gasteiger partial charge >= 0.3 is 11.8 Å². The Bertz CT molecular complexity index is 879. The third-order valence-corrected chi connectivity index (χ3v) is 3.76. The molecule has 0 atom stereocenters. The Morgan fingerprint density at radius 2 is 1.70 bits per heavy atom. The van der Waals surface area contributed by atoms with Crippen LogP contribution in [0, 0.1) is 6.92 Å². The van der Waals surface area contributed by atoms with Crippen molar-refractivity contribution in [2.24, 2.45) is 5.10 Å². The first-order chi connectivity index (χ1) is 14.5. The molecular weight excluding hydrogens is 388 g/mol. The third kappa shape index (κ3) is 8.11. The smallest absolute Gasteiger partial charge is 0.329 e. The molecule has 9 heteroatoms. The van der Waals surface area contributed by atoms with E-state index < -0.39 is 11.8 Å². The second-order valence-corrected chi connectivity index (χ2v) is 6.22. The van der Waals surface area contributed by atoms with E-state index in [9.17, 15) is 14.4 Å². The summed E-state index contributed by atoms with van der Waals surface area (Å²) in [5.74, 6) is -1.43. The molecule has 0 aromatic heterocycles. The average molecular weight is 412 g/mol. The first-order valence-corrected chi connectivity index (χ1v) is 9.17. The maximum atomic E-state index is 11.9. The van der Waals surface area contributed by atoms with Gasteiger partial charge in [0.05, 0.1) is 12.8 Å². The monoisotopic (exact) mass is 412 g/mol. The molecule has 0 heterocycles. The van der Waals surface area contributed by atoms with Gasteiger partial charge < -0.3 is 20.1 Å². The fourth-order valence-electron chi connectivity index (χ4n) is 2.20. The number of anilines is 1. The summed E-state index contributed by atoms with van der Waals surface area (Å²) in [6, 6.07) is 14.2. The molecule has 9 nitrogen and oxygen atoms in total. The number of hydrogen-bond donors (Lipinski definition) is 3. The quantitative estimate of drug-likeness (QED) is 0.248. The molecule has 0 aliphatic heterocycles. The molecule has 158 valence electrons. The predicted molar refractivity (Wildman–Crippen MR) is 112 cm³/mol. The fourth-order valence-corrected chi connectivity index (χ4v) is 2.20. The van der Waals surface area contributed by atoms with Gasteiger partial charge in [0.15, 0.2) is 6.61 Å². The van der Waals surface area contributed by atoms with E-state index in [0.717, 1.165) is 5.56 Å². The van der Waals surface area contributed by atoms with Crippen LogP contribution in [0.2, 0.25) is 0 Å². The number of nitrogens with zero attached hydrogens (tertiary/aromatic N) is 1. The SMILES string of the molecule is COCCNC(=O)C(=O)N/N=C\c1ccc(OCC(=O)Nc2ccc(C)cc2)cc1. The molecule has 0 unspecified atom stereocenters. The number of methoxy groups -OCH3 is 1. The predicted octanol–water partition coefficient (Wildman–Crippen LogP) is 1.23. The van der Waals surface area contributed by atoms with E-state index in [1.54, 1.807) is 24.3 Å². The number of rotatable bonds is 9. The summed E-state index contributed by atoms with van der Waals surface area (Å²) in [4.78, 5) is 34.9. The Morgan fingerprint density at radius 3 is 2.37 bits per heavy atom. The fraction of sp³-hybridized carbons (Fsp3) is 0.238. The second-order valence-electron chi connectivity index (χ2n) is 6.22. The molecule has 0 aliphatic rings. The summed E-state index contributed by atoms with van der Waals surface area (Å²) in [6.07, 6.45) is 1.38. The highest BCUT2D eigenvalue weighted by molar-refractivity contribution is 6.35. The molecule has 3 N–H and O–H groups in total. The molecule has 2 aromatic rings. The van der Waals surface area contributed by atoms with Crippen LogP contribution in [0.3, 0.4) is 0 Å². The summed E-state index contributed by atoms with van der Waals surface area (Å²) in [6.45, 7) is 2.38. The van der Waals surface area contributed by atoms with E-state index in [0.29, 0.717) is 23.6 Å². The van der Waals surface area contributed by atoms with Crippen LogP contribution >= 0.6 is 0 Å². The molecule has 0 radical (unpaired) electrons. The van der Waals surface area contributed by atoms with Crippen LogP contribution in [0.1, 0.15) is 11.1 Å². The Balaban J connectivity index is 1.74. The van der Waals surface area contributed by atoms with Crippen LogP contribution in [-0.4, -0.2) is 50.8 Å². The van der Waals surface area contributed by atoms with Crippen LogP contribution in [0.15, 0.2) is 53.6 Å². The average Bonchev–Trinajstić information content (AvgIpc) is 2.75. The van der Waals surface area contributed by atoms with Crippen LogP contribution in [0.25, 0.3) is 0 Å². The molecule has 0 spiro atoms. The maximum absolute atomic E-state index is 11.9. The normalized spacial score (nSPS) is 10.5. The lowest BCUT2D eigenvalue weighted by Gasteiger charge is -2.08. The van der Waals surface area contributed by atoms with Crippen molar-refractivity contribution in [3.63, 3.8) is 0 Å². The number of hydrogen-bond acceptors (Lipinski definition) is 6. The highest BCUT2D eigenvalue weighted by atomic mass is 16.5. The van der Waals surface area contributed by atoms with Crippen molar-refractivity contribution in [3.05, 3.63) is 59.7 Å². The molecule has 0 bridgehead atoms. The topological polar surface area (TPSA) is 118 Å². The molecule has 2 rings (SSSR count). The van der Waals surface area contributed by atoms with Crippen molar-refractivity contribution in [3.8, 4) is 5.75 Å². The zero-order valence-electron chi connectivity index (χ0n) is 16.8. The standard InChI is InChI=1S/C21H24N4O5/c1-15-3-7-17(8-4-15)24-19(26)14-30-18-9-5-16(6-10-18)13-23-25-21(28)20(27)22-11-12-29-2/h3-10,13H,11-12,14H2,1-2H3,(H,22,27)(H,24,26)(H,25,28)/b23-13-. The summed E-state index contributed by atoms with van der Waals surface area (Å²) < 4.78 is 10.2. The third-order valence-electron chi connectivity index (χ3n) is 3.76. The second kappa shape index (κ2) is 12.0. The Morgan fingerprint density at radius 1 is 1.00 bits per heavy atom. The Hall–Kier alpha value is -3.72. The number of amides is 3. The van der Waals surface area contributed by atoms with Crippen molar-refractivity contribution in [2.75, 3.05) is 32.2 Å². The van der Waals surface area contributed by atoms with Gasteiger partial charge in [-0.15, -0.1) is 0 Å². The number of aryl methyl sites for hydroxylation is 1. The van der Waals surface area contributed by atoms with Crippen LogP contribution in [0.4, 0.5) is 5.69 Å². The van der Waals surface area contributed by atoms with Crippen molar-refractivity contribution in [2.45, 2.75) is 6.92 Å². The minimum absolute atomic E-state index is 0.129. The summed E-state index contributed by atoms with van der Waals surface area (Å²) in [7, 11) is 1.49. The molecule has 2 aromatic carbocycles. The molecular formula is C21H24N4O5. The van der Waals surface area contributed by atoms with Crippen LogP contribution in [0.5, 0.6) is 5.75 Å². The van der Waals surface area contributed by atoms with Gasteiger partial charge in [0.2, 0.25) is 0 Å². The minimum atomic E-state index is -0.873. The maximum Gasteiger partial charge on any atom is 0.329 e. The molecule has 0 saturated carbocycles. The zero-order chi connectivity index (χ0) is 21.8. The van der Waals surface area contributed by atoms with E-state index in [-0.39, 0.29) is 19.1 Å². The van der Waals surface area contributed by atoms with Crippen molar-refractivity contribution < 1.29 is 23.9 Å². The van der Waals surface area contributed by atoms with E-state index in [4.69, 9.17) is 9.47 Å². The van der Waals surface area contributed by atoms with Gasteiger partial charge in [0.1, 0.15) is 5.75 Å². The summed E-state index contributed by atoms with van der Waals surface area (Å²) in [5, 5.41) is 8.86. The van der Waals surface area contributed by atoms with Gasteiger partial charge in [0.25, 0.3) is 5.91 Å². The van der Waals surface area contributed by atoms with Crippen molar-refractivity contribution in [1.82, 2.24) is 10.7 Å². The van der Waals surface area contributed by atoms with Crippen molar-refractivity contribution >= 4 is 29.6 Å². The Labute approximate surface area is 174 Å². The van der Waals surface area contributed by atoms with Gasteiger partial charge in [-0.2, -0.15) is 5.10 Å².